The van der Waals surface area contributed by atoms with Gasteiger partial charge in [0.2, 0.25) is 5.91 Å². The van der Waals surface area contributed by atoms with Crippen LogP contribution in [-0.4, -0.2) is 27.5 Å². The number of rotatable bonds is 4. The second-order valence-electron chi connectivity index (χ2n) is 9.28. The summed E-state index contributed by atoms with van der Waals surface area (Å²) in [5.41, 5.74) is 1.37. The van der Waals surface area contributed by atoms with Gasteiger partial charge in [-0.05, 0) is 56.0 Å². The number of hydrogen-bond acceptors (Lipinski definition) is 4. The van der Waals surface area contributed by atoms with Crippen LogP contribution in [0.2, 0.25) is 0 Å². The molecule has 0 aliphatic carbocycles. The van der Waals surface area contributed by atoms with Crippen molar-refractivity contribution in [2.45, 2.75) is 51.9 Å². The maximum Gasteiger partial charge on any atom is 0.261 e. The number of anilines is 2. The molecule has 30 heavy (non-hydrogen) atoms. The largest absolute Gasteiger partial charge is 0.490 e. The van der Waals surface area contributed by atoms with Crippen LogP contribution in [0, 0.1) is 5.41 Å². The first kappa shape index (κ1) is 22.2. The average Bonchev–Trinajstić information content (AvgIpc) is 2.76. The minimum Gasteiger partial charge on any atom is -0.490 e. The highest BCUT2D eigenvalue weighted by Crippen LogP contribution is 2.38. The maximum absolute atomic E-state index is 12.9. The number of hydrogen-bond donors (Lipinski definition) is 1. The fourth-order valence-corrected chi connectivity index (χ4v) is 4.42. The molecule has 1 aliphatic rings. The lowest BCUT2D eigenvalue weighted by Crippen LogP contribution is -2.42. The highest BCUT2D eigenvalue weighted by Gasteiger charge is 2.37. The molecule has 0 unspecified atom stereocenters. The SMILES string of the molecule is CCN1C(=O)C(C)(C)COc2cc(NS(=O)(=O)c3ccc(C(C)(C)C)cc3)ccc21. The third-order valence-electron chi connectivity index (χ3n) is 5.26. The van der Waals surface area contributed by atoms with Crippen LogP contribution in [-0.2, 0) is 20.2 Å². The van der Waals surface area contributed by atoms with Gasteiger partial charge in [0.25, 0.3) is 10.0 Å². The number of nitrogens with one attached hydrogen (secondary N) is 1. The minimum absolute atomic E-state index is 0.0176. The molecule has 3 rings (SSSR count). The van der Waals surface area contributed by atoms with Gasteiger partial charge in [-0.2, -0.15) is 0 Å². The van der Waals surface area contributed by atoms with E-state index >= 15 is 0 Å². The van der Waals surface area contributed by atoms with E-state index in [0.717, 1.165) is 5.56 Å². The van der Waals surface area contributed by atoms with Gasteiger partial charge in [0.05, 0.1) is 21.7 Å². The summed E-state index contributed by atoms with van der Waals surface area (Å²) in [6.07, 6.45) is 0. The lowest BCUT2D eigenvalue weighted by atomic mass is 9.87. The fraction of sp³-hybridized carbons (Fsp3) is 0.435. The van der Waals surface area contributed by atoms with Crippen molar-refractivity contribution < 1.29 is 17.9 Å². The Labute approximate surface area is 179 Å². The maximum atomic E-state index is 12.9. The zero-order valence-corrected chi connectivity index (χ0v) is 19.3. The number of benzene rings is 2. The van der Waals surface area contributed by atoms with Crippen molar-refractivity contribution in [1.29, 1.82) is 0 Å². The summed E-state index contributed by atoms with van der Waals surface area (Å²) in [5.74, 6) is 0.468. The van der Waals surface area contributed by atoms with Gasteiger partial charge in [-0.25, -0.2) is 8.42 Å². The number of carbonyl (C=O) groups is 1. The Morgan fingerprint density at radius 1 is 1.10 bits per heavy atom. The van der Waals surface area contributed by atoms with Crippen molar-refractivity contribution in [3.05, 3.63) is 48.0 Å². The Morgan fingerprint density at radius 3 is 2.30 bits per heavy atom. The molecule has 0 radical (unpaired) electrons. The second kappa shape index (κ2) is 7.61. The van der Waals surface area contributed by atoms with E-state index in [0.29, 0.717) is 23.7 Å². The van der Waals surface area contributed by atoms with Gasteiger partial charge in [0.1, 0.15) is 12.4 Å². The Kier molecular flexibility index (Phi) is 5.62. The second-order valence-corrected chi connectivity index (χ2v) is 11.0. The van der Waals surface area contributed by atoms with E-state index < -0.39 is 15.4 Å². The highest BCUT2D eigenvalue weighted by atomic mass is 32.2. The lowest BCUT2D eigenvalue weighted by molar-refractivity contribution is -0.127. The van der Waals surface area contributed by atoms with Gasteiger partial charge in [-0.1, -0.05) is 32.9 Å². The molecule has 0 saturated carbocycles. The smallest absolute Gasteiger partial charge is 0.261 e. The molecule has 0 atom stereocenters. The monoisotopic (exact) mass is 430 g/mol. The molecule has 1 amide bonds. The van der Waals surface area contributed by atoms with E-state index in [1.165, 1.54) is 0 Å². The number of nitrogens with zero attached hydrogens (tertiary/aromatic N) is 1. The Bertz CT molecular complexity index is 1050. The summed E-state index contributed by atoms with van der Waals surface area (Å²) in [5, 5.41) is 0. The van der Waals surface area contributed by atoms with Crippen molar-refractivity contribution in [2.75, 3.05) is 22.8 Å². The van der Waals surface area contributed by atoms with Crippen molar-refractivity contribution in [2.24, 2.45) is 5.41 Å². The summed E-state index contributed by atoms with van der Waals surface area (Å²) >= 11 is 0. The molecule has 162 valence electrons. The van der Waals surface area contributed by atoms with Gasteiger partial charge in [0.15, 0.2) is 0 Å². The van der Waals surface area contributed by atoms with Crippen LogP contribution in [0.15, 0.2) is 47.4 Å². The molecule has 0 fully saturated rings. The van der Waals surface area contributed by atoms with Crippen LogP contribution in [0.4, 0.5) is 11.4 Å². The number of ether oxygens (including phenoxy) is 1. The first-order valence-corrected chi connectivity index (χ1v) is 11.6. The topological polar surface area (TPSA) is 75.7 Å². The third kappa shape index (κ3) is 4.31. The van der Waals surface area contributed by atoms with Crippen LogP contribution >= 0.6 is 0 Å². The van der Waals surface area contributed by atoms with Crippen molar-refractivity contribution in [1.82, 2.24) is 0 Å². The Hall–Kier alpha value is -2.54. The van der Waals surface area contributed by atoms with Crippen LogP contribution in [0.1, 0.15) is 47.1 Å². The van der Waals surface area contributed by atoms with E-state index in [9.17, 15) is 13.2 Å². The molecule has 2 aromatic carbocycles. The summed E-state index contributed by atoms with van der Waals surface area (Å²) in [7, 11) is -3.75. The van der Waals surface area contributed by atoms with Gasteiger partial charge < -0.3 is 9.64 Å². The first-order chi connectivity index (χ1) is 13.8. The van der Waals surface area contributed by atoms with Gasteiger partial charge in [-0.15, -0.1) is 0 Å². The number of sulfonamides is 1. The van der Waals surface area contributed by atoms with E-state index in [4.69, 9.17) is 4.74 Å². The lowest BCUT2D eigenvalue weighted by Gasteiger charge is -2.26. The highest BCUT2D eigenvalue weighted by molar-refractivity contribution is 7.92. The summed E-state index contributed by atoms with van der Waals surface area (Å²) in [6.45, 7) is 12.6. The summed E-state index contributed by atoms with van der Waals surface area (Å²) in [6, 6.07) is 11.9. The number of amides is 1. The zero-order valence-electron chi connectivity index (χ0n) is 18.4. The molecular weight excluding hydrogens is 400 g/mol. The molecule has 1 heterocycles. The van der Waals surface area contributed by atoms with Gasteiger partial charge in [0, 0.05) is 12.6 Å². The Balaban J connectivity index is 1.90. The quantitative estimate of drug-likeness (QED) is 0.772. The van der Waals surface area contributed by atoms with Gasteiger partial charge >= 0.3 is 0 Å². The van der Waals surface area contributed by atoms with Crippen LogP contribution < -0.4 is 14.4 Å². The van der Waals surface area contributed by atoms with Gasteiger partial charge in [-0.3, -0.25) is 9.52 Å². The predicted octanol–water partition coefficient (Wildman–Crippen LogP) is 4.56. The van der Waals surface area contributed by atoms with Crippen LogP contribution in [0.3, 0.4) is 0 Å². The summed E-state index contributed by atoms with van der Waals surface area (Å²) < 4.78 is 34.2. The van der Waals surface area contributed by atoms with Crippen molar-refractivity contribution in [3.8, 4) is 5.75 Å². The predicted molar refractivity (Wildman–Crippen MR) is 120 cm³/mol. The van der Waals surface area contributed by atoms with Crippen molar-refractivity contribution >= 4 is 27.3 Å². The van der Waals surface area contributed by atoms with Crippen LogP contribution in [0.5, 0.6) is 5.75 Å². The molecule has 0 bridgehead atoms. The number of fused-ring (bicyclic) bond motifs is 1. The molecule has 1 aliphatic heterocycles. The first-order valence-electron chi connectivity index (χ1n) is 10.1. The minimum atomic E-state index is -3.75. The molecule has 1 N–H and O–H groups in total. The standard InChI is InChI=1S/C23H30N2O4S/c1-7-25-19-13-10-17(14-20(19)29-15-23(5,6)21(25)26)24-30(27,28)18-11-8-16(9-12-18)22(2,3)4/h8-14,24H,7,15H2,1-6H3. The van der Waals surface area contributed by atoms with E-state index in [2.05, 4.69) is 25.5 Å². The third-order valence-corrected chi connectivity index (χ3v) is 6.66. The molecule has 7 heteroatoms. The molecular formula is C23H30N2O4S. The van der Waals surface area contributed by atoms with E-state index in [-0.39, 0.29) is 22.8 Å². The molecule has 0 spiro atoms. The number of carbonyl (C=O) groups excluding carboxylic acids is 1. The Morgan fingerprint density at radius 2 is 1.73 bits per heavy atom. The normalized spacial score (nSPS) is 16.5. The molecule has 0 saturated heterocycles. The fourth-order valence-electron chi connectivity index (χ4n) is 3.37. The molecule has 2 aromatic rings. The molecule has 0 aromatic heterocycles. The zero-order chi connectivity index (χ0) is 22.3. The molecule has 6 nitrogen and oxygen atoms in total. The summed E-state index contributed by atoms with van der Waals surface area (Å²) in [4.78, 5) is 14.7. The van der Waals surface area contributed by atoms with E-state index in [1.807, 2.05) is 32.9 Å². The van der Waals surface area contributed by atoms with Crippen LogP contribution in [0.25, 0.3) is 0 Å². The van der Waals surface area contributed by atoms with E-state index in [1.54, 1.807) is 35.2 Å². The van der Waals surface area contributed by atoms with Crippen molar-refractivity contribution in [3.63, 3.8) is 0 Å². The average molecular weight is 431 g/mol.